The molecule has 2 aromatic carbocycles. The molecule has 144 valence electrons. The number of nitro benzene ring substituents is 1. The first kappa shape index (κ1) is 20.5. The molecule has 0 atom stereocenters. The number of rotatable bonds is 10. The van der Waals surface area contributed by atoms with E-state index in [1.54, 1.807) is 12.1 Å². The number of nitrogens with zero attached hydrogens (tertiary/aromatic N) is 4. The van der Waals surface area contributed by atoms with Crippen LogP contribution in [0, 0.1) is 17.0 Å². The van der Waals surface area contributed by atoms with E-state index in [9.17, 15) is 15.2 Å². The van der Waals surface area contributed by atoms with E-state index >= 15 is 0 Å². The van der Waals surface area contributed by atoms with Crippen molar-refractivity contribution in [3.63, 3.8) is 0 Å². The smallest absolute Gasteiger partial charge is 0.269 e. The maximum atomic E-state index is 10.7. The van der Waals surface area contributed by atoms with Crippen LogP contribution in [0.25, 0.3) is 0 Å². The van der Waals surface area contributed by atoms with Crippen LogP contribution in [0.15, 0.2) is 52.7 Å². The highest BCUT2D eigenvalue weighted by Crippen LogP contribution is 2.27. The molecule has 0 saturated heterocycles. The van der Waals surface area contributed by atoms with Crippen molar-refractivity contribution in [3.8, 4) is 0 Å². The highest BCUT2D eigenvalue weighted by Gasteiger charge is 2.08. The molecule has 0 saturated carbocycles. The van der Waals surface area contributed by atoms with Gasteiger partial charge in [0.1, 0.15) is 0 Å². The summed E-state index contributed by atoms with van der Waals surface area (Å²) in [5, 5.41) is 37.2. The Morgan fingerprint density at radius 3 is 2.33 bits per heavy atom. The van der Waals surface area contributed by atoms with Crippen molar-refractivity contribution >= 4 is 22.7 Å². The predicted molar refractivity (Wildman–Crippen MR) is 104 cm³/mol. The lowest BCUT2D eigenvalue weighted by Crippen LogP contribution is -2.27. The average molecular weight is 372 g/mol. The molecule has 0 aliphatic rings. The van der Waals surface area contributed by atoms with Crippen LogP contribution >= 0.6 is 0 Å². The third kappa shape index (κ3) is 6.12. The van der Waals surface area contributed by atoms with Gasteiger partial charge in [-0.15, -0.1) is 0 Å². The van der Waals surface area contributed by atoms with Gasteiger partial charge < -0.3 is 15.1 Å². The Balaban J connectivity index is 2.11. The van der Waals surface area contributed by atoms with E-state index in [4.69, 9.17) is 5.11 Å². The van der Waals surface area contributed by atoms with Gasteiger partial charge in [-0.25, -0.2) is 0 Å². The molecule has 0 aliphatic carbocycles. The third-order valence-electron chi connectivity index (χ3n) is 4.09. The topological polar surface area (TPSA) is 112 Å². The fourth-order valence-corrected chi connectivity index (χ4v) is 2.61. The molecule has 0 aromatic heterocycles. The van der Waals surface area contributed by atoms with Crippen molar-refractivity contribution in [2.24, 2.45) is 10.2 Å². The SMILES string of the molecule is Cc1cc(N(CCO)CCCCO)ccc1N=Nc1ccc([N+](=O)[O-])cc1. The lowest BCUT2D eigenvalue weighted by molar-refractivity contribution is -0.384. The summed E-state index contributed by atoms with van der Waals surface area (Å²) >= 11 is 0. The van der Waals surface area contributed by atoms with Gasteiger partial charge in [-0.2, -0.15) is 10.2 Å². The molecule has 2 rings (SSSR count). The molecule has 0 fully saturated rings. The summed E-state index contributed by atoms with van der Waals surface area (Å²) in [5.74, 6) is 0. The van der Waals surface area contributed by atoms with Gasteiger partial charge in [-0.05, 0) is 55.7 Å². The van der Waals surface area contributed by atoms with Crippen LogP contribution in [0.2, 0.25) is 0 Å². The van der Waals surface area contributed by atoms with Crippen LogP contribution in [0.3, 0.4) is 0 Å². The first-order valence-electron chi connectivity index (χ1n) is 8.78. The van der Waals surface area contributed by atoms with Gasteiger partial charge in [0.05, 0.1) is 22.9 Å². The highest BCUT2D eigenvalue weighted by molar-refractivity contribution is 5.58. The van der Waals surface area contributed by atoms with E-state index < -0.39 is 4.92 Å². The second-order valence-electron chi connectivity index (χ2n) is 6.09. The molecule has 8 heteroatoms. The first-order valence-corrected chi connectivity index (χ1v) is 8.78. The average Bonchev–Trinajstić information content (AvgIpc) is 2.67. The summed E-state index contributed by atoms with van der Waals surface area (Å²) < 4.78 is 0. The van der Waals surface area contributed by atoms with E-state index in [0.717, 1.165) is 30.6 Å². The van der Waals surface area contributed by atoms with Crippen molar-refractivity contribution in [2.45, 2.75) is 19.8 Å². The Morgan fingerprint density at radius 1 is 1.00 bits per heavy atom. The second kappa shape index (κ2) is 10.3. The molecule has 2 aromatic rings. The van der Waals surface area contributed by atoms with Crippen LogP contribution in [-0.2, 0) is 0 Å². The van der Waals surface area contributed by atoms with Crippen LogP contribution in [0.5, 0.6) is 0 Å². The van der Waals surface area contributed by atoms with Crippen molar-refractivity contribution in [3.05, 3.63) is 58.1 Å². The van der Waals surface area contributed by atoms with Gasteiger partial charge in [0, 0.05) is 37.5 Å². The molecule has 8 nitrogen and oxygen atoms in total. The van der Waals surface area contributed by atoms with Crippen LogP contribution in [-0.4, -0.2) is 41.4 Å². The predicted octanol–water partition coefficient (Wildman–Crippen LogP) is 3.89. The Morgan fingerprint density at radius 2 is 1.74 bits per heavy atom. The number of nitro groups is 1. The van der Waals surface area contributed by atoms with Gasteiger partial charge in [0.2, 0.25) is 0 Å². The minimum Gasteiger partial charge on any atom is -0.396 e. The molecule has 0 heterocycles. The molecular weight excluding hydrogens is 348 g/mol. The van der Waals surface area contributed by atoms with Crippen molar-refractivity contribution in [1.29, 1.82) is 0 Å². The van der Waals surface area contributed by atoms with Crippen LogP contribution in [0.4, 0.5) is 22.7 Å². The standard InChI is InChI=1S/C19H24N4O4/c1-15-14-18(22(11-13-25)10-2-3-12-24)8-9-19(15)21-20-16-4-6-17(7-5-16)23(26)27/h4-9,14,24-25H,2-3,10-13H2,1H3. The van der Waals surface area contributed by atoms with Crippen LogP contribution in [0.1, 0.15) is 18.4 Å². The molecule has 27 heavy (non-hydrogen) atoms. The minimum absolute atomic E-state index is 0.0136. The number of non-ortho nitro benzene ring substituents is 1. The normalized spacial score (nSPS) is 11.1. The number of anilines is 1. The Labute approximate surface area is 157 Å². The fraction of sp³-hybridized carbons (Fsp3) is 0.368. The number of aliphatic hydroxyl groups is 2. The van der Waals surface area contributed by atoms with Gasteiger partial charge in [0.25, 0.3) is 5.69 Å². The van der Waals surface area contributed by atoms with Gasteiger partial charge in [-0.1, -0.05) is 0 Å². The zero-order valence-corrected chi connectivity index (χ0v) is 15.3. The van der Waals surface area contributed by atoms with Gasteiger partial charge >= 0.3 is 0 Å². The van der Waals surface area contributed by atoms with Gasteiger partial charge in [0.15, 0.2) is 0 Å². The number of hydrogen-bond acceptors (Lipinski definition) is 7. The third-order valence-corrected chi connectivity index (χ3v) is 4.09. The number of unbranched alkanes of at least 4 members (excludes halogenated alkanes) is 1. The molecule has 0 amide bonds. The Hall–Kier alpha value is -2.84. The van der Waals surface area contributed by atoms with E-state index in [1.807, 2.05) is 25.1 Å². The monoisotopic (exact) mass is 372 g/mol. The minimum atomic E-state index is -0.456. The molecule has 2 N–H and O–H groups in total. The first-order chi connectivity index (χ1) is 13.0. The number of hydrogen-bond donors (Lipinski definition) is 2. The lowest BCUT2D eigenvalue weighted by atomic mass is 10.1. The Kier molecular flexibility index (Phi) is 7.84. The number of aryl methyl sites for hydroxylation is 1. The summed E-state index contributed by atoms with van der Waals surface area (Å²) in [6, 6.07) is 11.7. The Bertz CT molecular complexity index is 778. The number of benzene rings is 2. The largest absolute Gasteiger partial charge is 0.396 e. The number of azo groups is 1. The zero-order chi connectivity index (χ0) is 19.6. The van der Waals surface area contributed by atoms with E-state index in [1.165, 1.54) is 12.1 Å². The van der Waals surface area contributed by atoms with E-state index in [-0.39, 0.29) is 18.9 Å². The molecule has 0 aliphatic heterocycles. The summed E-state index contributed by atoms with van der Waals surface area (Å²) in [7, 11) is 0. The van der Waals surface area contributed by atoms with Crippen molar-refractivity contribution < 1.29 is 15.1 Å². The van der Waals surface area contributed by atoms with Crippen molar-refractivity contribution in [2.75, 3.05) is 31.2 Å². The zero-order valence-electron chi connectivity index (χ0n) is 15.3. The molecule has 0 radical (unpaired) electrons. The summed E-state index contributed by atoms with van der Waals surface area (Å²) in [6.07, 6.45) is 1.57. The van der Waals surface area contributed by atoms with E-state index in [2.05, 4.69) is 15.1 Å². The van der Waals surface area contributed by atoms with Gasteiger partial charge in [-0.3, -0.25) is 10.1 Å². The van der Waals surface area contributed by atoms with Crippen LogP contribution < -0.4 is 4.90 Å². The second-order valence-corrected chi connectivity index (χ2v) is 6.09. The summed E-state index contributed by atoms with van der Waals surface area (Å²) in [4.78, 5) is 12.3. The highest BCUT2D eigenvalue weighted by atomic mass is 16.6. The molecule has 0 unspecified atom stereocenters. The summed E-state index contributed by atoms with van der Waals surface area (Å²) in [5.41, 5.74) is 3.17. The summed E-state index contributed by atoms with van der Waals surface area (Å²) in [6.45, 7) is 3.42. The molecule has 0 bridgehead atoms. The molecule has 0 spiro atoms. The fourth-order valence-electron chi connectivity index (χ4n) is 2.61. The number of aliphatic hydroxyl groups excluding tert-OH is 2. The maximum Gasteiger partial charge on any atom is 0.269 e. The maximum absolute atomic E-state index is 10.7. The lowest BCUT2D eigenvalue weighted by Gasteiger charge is -2.24. The van der Waals surface area contributed by atoms with Crippen molar-refractivity contribution in [1.82, 2.24) is 0 Å². The van der Waals surface area contributed by atoms with E-state index in [0.29, 0.717) is 17.9 Å². The quantitative estimate of drug-likeness (QED) is 0.284. The molecular formula is C19H24N4O4.